The number of rotatable bonds is 4. The zero-order valence-electron chi connectivity index (χ0n) is 15.8. The highest BCUT2D eigenvalue weighted by atomic mass is 32.1. The molecule has 1 saturated heterocycles. The van der Waals surface area contributed by atoms with Gasteiger partial charge in [0.05, 0.1) is 5.56 Å². The molecule has 2 fully saturated rings. The minimum Gasteiger partial charge on any atom is -0.507 e. The van der Waals surface area contributed by atoms with Crippen molar-refractivity contribution in [3.8, 4) is 17.1 Å². The average molecular weight is 398 g/mol. The van der Waals surface area contributed by atoms with Crippen LogP contribution in [-0.4, -0.2) is 49.9 Å². The van der Waals surface area contributed by atoms with Crippen LogP contribution in [0.1, 0.15) is 25.7 Å². The van der Waals surface area contributed by atoms with Crippen LogP contribution in [-0.2, 0) is 7.05 Å². The predicted octanol–water partition coefficient (Wildman–Crippen LogP) is 2.80. The molecule has 1 aliphatic carbocycles. The molecule has 2 aromatic heterocycles. The summed E-state index contributed by atoms with van der Waals surface area (Å²) >= 11 is 1.56. The molecule has 0 radical (unpaired) electrons. The largest absolute Gasteiger partial charge is 0.507 e. The molecule has 0 amide bonds. The number of benzene rings is 1. The molecule has 3 heterocycles. The average Bonchev–Trinajstić information content (AvgIpc) is 3.44. The number of thiophene rings is 1. The molecule has 2 aliphatic rings. The number of nitrogens with zero attached hydrogens (tertiary/aromatic N) is 4. The first-order chi connectivity index (χ1) is 13.6. The summed E-state index contributed by atoms with van der Waals surface area (Å²) in [5, 5.41) is 25.1. The van der Waals surface area contributed by atoms with Gasteiger partial charge in [-0.15, -0.1) is 21.5 Å². The first-order valence-electron chi connectivity index (χ1n) is 9.75. The lowest BCUT2D eigenvalue weighted by molar-refractivity contribution is 0.207. The molecule has 2 N–H and O–H groups in total. The van der Waals surface area contributed by atoms with E-state index in [4.69, 9.17) is 0 Å². The molecule has 5 rings (SSSR count). The zero-order valence-corrected chi connectivity index (χ0v) is 16.6. The molecule has 146 valence electrons. The molecular formula is C20H23N5O2S. The van der Waals surface area contributed by atoms with Gasteiger partial charge in [-0.05, 0) is 55.8 Å². The van der Waals surface area contributed by atoms with Crippen molar-refractivity contribution in [2.75, 3.05) is 18.4 Å². The maximum absolute atomic E-state index is 12.9. The molecule has 7 nitrogen and oxygen atoms in total. The monoisotopic (exact) mass is 397 g/mol. The van der Waals surface area contributed by atoms with Gasteiger partial charge < -0.3 is 10.4 Å². The number of likely N-dealkylation sites (tertiary alicyclic amines) is 1. The lowest BCUT2D eigenvalue weighted by Crippen LogP contribution is -2.44. The standard InChI is InChI=1S/C20H23N5O2S/c1-24-19(15-6-7-16-14(17(15)26)8-10-28-16)23-22-18(20(24)27)21-12-3-2-9-25(11-12)13-4-5-13/h6-8,10,12-13,26H,2-5,9,11H2,1H3,(H,21,22)/t12-/m1/s1. The number of phenols is 1. The third kappa shape index (κ3) is 3.06. The van der Waals surface area contributed by atoms with Crippen molar-refractivity contribution in [2.45, 2.75) is 37.8 Å². The number of fused-ring (bicyclic) bond motifs is 1. The zero-order chi connectivity index (χ0) is 19.3. The Balaban J connectivity index is 1.43. The Morgan fingerprint density at radius 1 is 1.21 bits per heavy atom. The predicted molar refractivity (Wildman–Crippen MR) is 111 cm³/mol. The van der Waals surface area contributed by atoms with E-state index in [2.05, 4.69) is 20.4 Å². The van der Waals surface area contributed by atoms with Gasteiger partial charge in [0, 0.05) is 35.8 Å². The van der Waals surface area contributed by atoms with E-state index in [9.17, 15) is 9.90 Å². The van der Waals surface area contributed by atoms with Crippen LogP contribution in [0.4, 0.5) is 5.82 Å². The molecule has 0 spiro atoms. The summed E-state index contributed by atoms with van der Waals surface area (Å²) in [6, 6.07) is 6.55. The Labute approximate surface area is 166 Å². The van der Waals surface area contributed by atoms with Crippen LogP contribution in [0.2, 0.25) is 0 Å². The highest BCUT2D eigenvalue weighted by molar-refractivity contribution is 7.17. The van der Waals surface area contributed by atoms with Gasteiger partial charge in [0.1, 0.15) is 5.75 Å². The van der Waals surface area contributed by atoms with Crippen molar-refractivity contribution in [1.82, 2.24) is 19.7 Å². The highest BCUT2D eigenvalue weighted by Crippen LogP contribution is 2.36. The SMILES string of the molecule is Cn1c(-c2ccc3sccc3c2O)nnc(N[C@@H]2CCCN(C3CC3)C2)c1=O. The molecule has 1 aliphatic heterocycles. The molecule has 8 heteroatoms. The van der Waals surface area contributed by atoms with Crippen LogP contribution in [0.5, 0.6) is 5.75 Å². The van der Waals surface area contributed by atoms with Crippen LogP contribution in [0.15, 0.2) is 28.4 Å². The Morgan fingerprint density at radius 2 is 2.07 bits per heavy atom. The summed E-state index contributed by atoms with van der Waals surface area (Å²) in [6.07, 6.45) is 4.75. The maximum Gasteiger partial charge on any atom is 0.296 e. The second-order valence-corrected chi connectivity index (χ2v) is 8.69. The second-order valence-electron chi connectivity index (χ2n) is 7.74. The number of nitrogens with one attached hydrogen (secondary N) is 1. The summed E-state index contributed by atoms with van der Waals surface area (Å²) in [5.41, 5.74) is 0.292. The van der Waals surface area contributed by atoms with Gasteiger partial charge in [0.25, 0.3) is 5.56 Å². The van der Waals surface area contributed by atoms with Crippen molar-refractivity contribution in [3.05, 3.63) is 33.9 Å². The summed E-state index contributed by atoms with van der Waals surface area (Å²) in [5.74, 6) is 0.783. The van der Waals surface area contributed by atoms with E-state index in [1.165, 1.54) is 17.4 Å². The maximum atomic E-state index is 12.9. The van der Waals surface area contributed by atoms with Crippen molar-refractivity contribution in [2.24, 2.45) is 7.05 Å². The molecule has 1 saturated carbocycles. The molecule has 0 bridgehead atoms. The third-order valence-electron chi connectivity index (χ3n) is 5.77. The number of aromatic nitrogens is 3. The molecule has 1 atom stereocenters. The molecule has 0 unspecified atom stereocenters. The molecule has 1 aromatic carbocycles. The van der Waals surface area contributed by atoms with E-state index in [1.54, 1.807) is 24.5 Å². The fourth-order valence-electron chi connectivity index (χ4n) is 4.09. The highest BCUT2D eigenvalue weighted by Gasteiger charge is 2.32. The number of hydrogen-bond donors (Lipinski definition) is 2. The fraction of sp³-hybridized carbons (Fsp3) is 0.450. The Bertz CT molecular complexity index is 1090. The van der Waals surface area contributed by atoms with Crippen molar-refractivity contribution >= 4 is 27.2 Å². The van der Waals surface area contributed by atoms with E-state index in [1.807, 2.05) is 17.5 Å². The van der Waals surface area contributed by atoms with Crippen molar-refractivity contribution in [3.63, 3.8) is 0 Å². The topological polar surface area (TPSA) is 83.3 Å². The van der Waals surface area contributed by atoms with Gasteiger partial charge in [-0.3, -0.25) is 14.3 Å². The summed E-state index contributed by atoms with van der Waals surface area (Å²) in [4.78, 5) is 15.4. The minimum atomic E-state index is -0.224. The first-order valence-corrected chi connectivity index (χ1v) is 10.6. The van der Waals surface area contributed by atoms with Crippen LogP contribution < -0.4 is 10.9 Å². The summed E-state index contributed by atoms with van der Waals surface area (Å²) < 4.78 is 2.46. The third-order valence-corrected chi connectivity index (χ3v) is 6.66. The van der Waals surface area contributed by atoms with Crippen LogP contribution in [0, 0.1) is 0 Å². The Morgan fingerprint density at radius 3 is 2.89 bits per heavy atom. The van der Waals surface area contributed by atoms with Gasteiger partial charge in [-0.1, -0.05) is 0 Å². The van der Waals surface area contributed by atoms with Crippen molar-refractivity contribution < 1.29 is 5.11 Å². The lowest BCUT2D eigenvalue weighted by atomic mass is 10.1. The normalized spacial score (nSPS) is 20.5. The number of phenolic OH excluding ortho intramolecular Hbond substituents is 1. The quantitative estimate of drug-likeness (QED) is 0.704. The van der Waals surface area contributed by atoms with Gasteiger partial charge in [0.2, 0.25) is 5.82 Å². The first kappa shape index (κ1) is 17.6. The van der Waals surface area contributed by atoms with Gasteiger partial charge >= 0.3 is 0 Å². The number of aromatic hydroxyl groups is 1. The van der Waals surface area contributed by atoms with E-state index in [0.29, 0.717) is 11.4 Å². The Hall–Kier alpha value is -2.45. The lowest BCUT2D eigenvalue weighted by Gasteiger charge is -2.33. The second kappa shape index (κ2) is 6.86. The number of hydrogen-bond acceptors (Lipinski definition) is 7. The number of piperidine rings is 1. The fourth-order valence-corrected chi connectivity index (χ4v) is 4.87. The van der Waals surface area contributed by atoms with Gasteiger partial charge in [-0.25, -0.2) is 0 Å². The van der Waals surface area contributed by atoms with E-state index >= 15 is 0 Å². The smallest absolute Gasteiger partial charge is 0.296 e. The van der Waals surface area contributed by atoms with Gasteiger partial charge in [0.15, 0.2) is 5.82 Å². The Kier molecular flexibility index (Phi) is 4.32. The van der Waals surface area contributed by atoms with Crippen molar-refractivity contribution in [1.29, 1.82) is 0 Å². The summed E-state index contributed by atoms with van der Waals surface area (Å²) in [6.45, 7) is 2.10. The van der Waals surface area contributed by atoms with Gasteiger partial charge in [-0.2, -0.15) is 0 Å². The molecule has 28 heavy (non-hydrogen) atoms. The minimum absolute atomic E-state index is 0.135. The van der Waals surface area contributed by atoms with Crippen LogP contribution >= 0.6 is 11.3 Å². The summed E-state index contributed by atoms with van der Waals surface area (Å²) in [7, 11) is 1.67. The number of anilines is 1. The van der Waals surface area contributed by atoms with E-state index in [-0.39, 0.29) is 23.2 Å². The van der Waals surface area contributed by atoms with E-state index < -0.39 is 0 Å². The molecule has 3 aromatic rings. The van der Waals surface area contributed by atoms with E-state index in [0.717, 1.165) is 42.1 Å². The van der Waals surface area contributed by atoms with Crippen LogP contribution in [0.3, 0.4) is 0 Å². The van der Waals surface area contributed by atoms with Crippen LogP contribution in [0.25, 0.3) is 21.5 Å². The molecular weight excluding hydrogens is 374 g/mol.